The summed E-state index contributed by atoms with van der Waals surface area (Å²) in [6, 6.07) is 0. The van der Waals surface area contributed by atoms with Crippen molar-refractivity contribution in [3.8, 4) is 0 Å². The van der Waals surface area contributed by atoms with E-state index in [9.17, 15) is 9.59 Å². The molecule has 5 heteroatoms. The molecule has 0 rings (SSSR count). The Morgan fingerprint density at radius 3 is 2.08 bits per heavy atom. The highest BCUT2D eigenvalue weighted by Crippen LogP contribution is 2.02. The van der Waals surface area contributed by atoms with Crippen molar-refractivity contribution in [2.45, 2.75) is 26.6 Å². The van der Waals surface area contributed by atoms with E-state index in [0.29, 0.717) is 6.42 Å². The zero-order chi connectivity index (χ0) is 10.3. The van der Waals surface area contributed by atoms with Crippen LogP contribution in [0.15, 0.2) is 11.8 Å². The molecule has 0 unspecified atom stereocenters. The van der Waals surface area contributed by atoms with E-state index in [4.69, 9.17) is 9.47 Å². The summed E-state index contributed by atoms with van der Waals surface area (Å²) in [4.78, 5) is 21.1. The van der Waals surface area contributed by atoms with Gasteiger partial charge in [0, 0.05) is 30.5 Å². The first kappa shape index (κ1) is 11.9. The number of ether oxygens (including phenoxy) is 2. The monoisotopic (exact) mass is 202 g/mol. The first-order chi connectivity index (χ1) is 6.06. The summed E-state index contributed by atoms with van der Waals surface area (Å²) >= 11 is 0. The fourth-order valence-electron chi connectivity index (χ4n) is 0.738. The number of carbonyl (C=O) groups excluding carboxylic acids is 2. The van der Waals surface area contributed by atoms with E-state index in [1.54, 1.807) is 0 Å². The maximum Gasteiger partial charge on any atom is 0.305 e. The van der Waals surface area contributed by atoms with Gasteiger partial charge in [-0.15, -0.1) is 5.70 Å². The average molecular weight is 202 g/mol. The van der Waals surface area contributed by atoms with Crippen LogP contribution >= 0.6 is 0 Å². The Labute approximate surface area is 80.3 Å². The van der Waals surface area contributed by atoms with E-state index < -0.39 is 18.2 Å². The van der Waals surface area contributed by atoms with Crippen molar-refractivity contribution in [2.75, 3.05) is 0 Å². The summed E-state index contributed by atoms with van der Waals surface area (Å²) in [6.45, 7) is 2.56. The Morgan fingerprint density at radius 2 is 1.77 bits per heavy atom. The maximum atomic E-state index is 10.6. The van der Waals surface area contributed by atoms with Crippen LogP contribution < -0.4 is 0 Å². The molecule has 0 aliphatic heterocycles. The molecule has 0 saturated carbocycles. The van der Waals surface area contributed by atoms with Gasteiger partial charge in [-0.05, 0) is 0 Å². The molecule has 0 fully saturated rings. The lowest BCUT2D eigenvalue weighted by Gasteiger charge is -2.14. The molecule has 0 heterocycles. The molecular weight excluding hydrogens is 188 g/mol. The first-order valence-corrected chi connectivity index (χ1v) is 5.17. The van der Waals surface area contributed by atoms with E-state index in [1.165, 1.54) is 13.8 Å². The molecule has 0 atom stereocenters. The second kappa shape index (κ2) is 6.42. The van der Waals surface area contributed by atoms with E-state index >= 15 is 0 Å². The molecule has 0 aromatic carbocycles. The van der Waals surface area contributed by atoms with Gasteiger partial charge in [-0.3, -0.25) is 9.59 Å². The van der Waals surface area contributed by atoms with Crippen LogP contribution in [-0.2, 0) is 19.1 Å². The summed E-state index contributed by atoms with van der Waals surface area (Å²) in [5.41, 5.74) is 1.93. The summed E-state index contributed by atoms with van der Waals surface area (Å²) < 4.78 is 9.49. The van der Waals surface area contributed by atoms with Crippen LogP contribution in [0.5, 0.6) is 0 Å². The maximum absolute atomic E-state index is 10.6. The van der Waals surface area contributed by atoms with E-state index in [0.717, 1.165) is 10.2 Å². The van der Waals surface area contributed by atoms with Crippen LogP contribution in [0, 0.1) is 0 Å². The quantitative estimate of drug-likeness (QED) is 0.357. The lowest BCUT2D eigenvalue weighted by molar-refractivity contribution is -0.183. The zero-order valence-corrected chi connectivity index (χ0v) is 10.1. The molecule has 74 valence electrons. The van der Waals surface area contributed by atoms with Crippen LogP contribution in [0.25, 0.3) is 0 Å². The molecule has 0 N–H and O–H groups in total. The third-order valence-electron chi connectivity index (χ3n) is 1.16. The second-order valence-electron chi connectivity index (χ2n) is 2.45. The van der Waals surface area contributed by atoms with Gasteiger partial charge in [0.25, 0.3) is 6.29 Å². The third-order valence-corrected chi connectivity index (χ3v) is 1.63. The van der Waals surface area contributed by atoms with Crippen molar-refractivity contribution in [1.29, 1.82) is 0 Å². The lowest BCUT2D eigenvalue weighted by Crippen LogP contribution is -2.21. The number of hydrogen-bond acceptors (Lipinski definition) is 4. The van der Waals surface area contributed by atoms with Crippen LogP contribution in [0.4, 0.5) is 0 Å². The molecule has 0 amide bonds. The lowest BCUT2D eigenvalue weighted by atomic mass is 10.4. The van der Waals surface area contributed by atoms with Gasteiger partial charge >= 0.3 is 11.9 Å². The molecule has 0 spiro atoms. The molecule has 0 bridgehead atoms. The Hall–Kier alpha value is -1.10. The predicted molar refractivity (Wildman–Crippen MR) is 51.0 cm³/mol. The minimum absolute atomic E-state index is 0.419. The zero-order valence-electron chi connectivity index (χ0n) is 8.07. The topological polar surface area (TPSA) is 52.6 Å². The molecule has 0 radical (unpaired) electrons. The van der Waals surface area contributed by atoms with Gasteiger partial charge in [0.1, 0.15) is 0 Å². The van der Waals surface area contributed by atoms with Gasteiger partial charge in [0.15, 0.2) is 0 Å². The molecule has 4 nitrogen and oxygen atoms in total. The highest BCUT2D eigenvalue weighted by Gasteiger charge is 2.12. The number of hydrogen-bond donors (Lipinski definition) is 0. The molecular formula is C8H14O4Si. The molecule has 0 aromatic rings. The smallest absolute Gasteiger partial charge is 0.305 e. The number of esters is 2. The summed E-state index contributed by atoms with van der Waals surface area (Å²) in [5, 5.41) is 0. The van der Waals surface area contributed by atoms with Crippen molar-refractivity contribution in [3.05, 3.63) is 11.8 Å². The van der Waals surface area contributed by atoms with Gasteiger partial charge in [0.2, 0.25) is 0 Å². The molecule has 0 aliphatic carbocycles. The Morgan fingerprint density at radius 1 is 1.31 bits per heavy atom. The first-order valence-electron chi connectivity index (χ1n) is 4.02. The van der Waals surface area contributed by atoms with Crippen molar-refractivity contribution in [1.82, 2.24) is 0 Å². The number of rotatable bonds is 4. The van der Waals surface area contributed by atoms with Gasteiger partial charge in [-0.1, -0.05) is 6.08 Å². The second-order valence-corrected chi connectivity index (χ2v) is 3.12. The van der Waals surface area contributed by atoms with E-state index in [-0.39, 0.29) is 0 Å². The summed E-state index contributed by atoms with van der Waals surface area (Å²) in [7, 11) is 0.931. The highest BCUT2D eigenvalue weighted by molar-refractivity contribution is 6.16. The Balaban J connectivity index is 4.01. The third kappa shape index (κ3) is 7.26. The van der Waals surface area contributed by atoms with Crippen molar-refractivity contribution < 1.29 is 19.1 Å². The molecule has 13 heavy (non-hydrogen) atoms. The SMILES string of the molecule is CC(=O)OC(CC=C[SiH3])OC(C)=O. The van der Waals surface area contributed by atoms with Crippen molar-refractivity contribution in [2.24, 2.45) is 0 Å². The van der Waals surface area contributed by atoms with Crippen molar-refractivity contribution in [3.63, 3.8) is 0 Å². The van der Waals surface area contributed by atoms with Gasteiger partial charge < -0.3 is 9.47 Å². The van der Waals surface area contributed by atoms with Crippen LogP contribution in [0.2, 0.25) is 0 Å². The van der Waals surface area contributed by atoms with E-state index in [1.807, 2.05) is 11.8 Å². The summed E-state index contributed by atoms with van der Waals surface area (Å²) in [6.07, 6.45) is 1.46. The normalized spacial score (nSPS) is 10.7. The van der Waals surface area contributed by atoms with Gasteiger partial charge in [-0.25, -0.2) is 0 Å². The fraction of sp³-hybridized carbons (Fsp3) is 0.500. The highest BCUT2D eigenvalue weighted by atomic mass is 28.1. The minimum Gasteiger partial charge on any atom is -0.425 e. The standard InChI is InChI=1S/C8H14O4Si/c1-6(9)11-8(4-3-5-13)12-7(2)10/h3,5,8H,4H2,1-2,13H3. The van der Waals surface area contributed by atoms with Crippen LogP contribution in [0.3, 0.4) is 0 Å². The van der Waals surface area contributed by atoms with Gasteiger partial charge in [-0.2, -0.15) is 0 Å². The largest absolute Gasteiger partial charge is 0.425 e. The molecule has 0 aliphatic rings. The fourth-order valence-corrected chi connectivity index (χ4v) is 1.01. The van der Waals surface area contributed by atoms with E-state index in [2.05, 4.69) is 0 Å². The predicted octanol–water partition coefficient (Wildman–Crippen LogP) is -0.292. The van der Waals surface area contributed by atoms with Crippen molar-refractivity contribution >= 4 is 22.2 Å². The average Bonchev–Trinajstić information content (AvgIpc) is 1.98. The molecule has 0 aromatic heterocycles. The Kier molecular flexibility index (Phi) is 5.87. The molecule has 0 saturated heterocycles. The van der Waals surface area contributed by atoms with Crippen LogP contribution in [-0.4, -0.2) is 28.5 Å². The minimum atomic E-state index is -0.778. The van der Waals surface area contributed by atoms with Crippen LogP contribution in [0.1, 0.15) is 20.3 Å². The van der Waals surface area contributed by atoms with Gasteiger partial charge in [0.05, 0.1) is 0 Å². The number of carbonyl (C=O) groups is 2. The summed E-state index contributed by atoms with van der Waals surface area (Å²) in [5.74, 6) is -0.902. The Bertz CT molecular complexity index is 196.